The van der Waals surface area contributed by atoms with Gasteiger partial charge in [0.2, 0.25) is 0 Å². The predicted octanol–water partition coefficient (Wildman–Crippen LogP) is 2.79. The van der Waals surface area contributed by atoms with Crippen LogP contribution in [-0.4, -0.2) is 21.1 Å². The number of hydrogen-bond donors (Lipinski definition) is 2. The lowest BCUT2D eigenvalue weighted by molar-refractivity contribution is 0.299. The number of hydrogen-bond acceptors (Lipinski definition) is 3. The number of benzene rings is 1. The Bertz CT molecular complexity index is 731. The van der Waals surface area contributed by atoms with Crippen molar-refractivity contribution < 1.29 is 5.11 Å². The second-order valence-corrected chi connectivity index (χ2v) is 5.10. The maximum atomic E-state index is 8.92. The zero-order valence-electron chi connectivity index (χ0n) is 12.1. The quantitative estimate of drug-likeness (QED) is 0.756. The van der Waals surface area contributed by atoms with Gasteiger partial charge in [-0.3, -0.25) is 0 Å². The molecule has 0 aliphatic carbocycles. The molecule has 0 fully saturated rings. The van der Waals surface area contributed by atoms with E-state index in [-0.39, 0.29) is 6.61 Å². The van der Waals surface area contributed by atoms with Crippen molar-refractivity contribution in [1.82, 2.24) is 9.38 Å². The van der Waals surface area contributed by atoms with Crippen LogP contribution in [0.15, 0.2) is 48.7 Å². The maximum Gasteiger partial charge on any atom is 0.137 e. The molecule has 2 heterocycles. The van der Waals surface area contributed by atoms with Gasteiger partial charge < -0.3 is 14.8 Å². The molecule has 0 radical (unpaired) electrons. The molecule has 0 aliphatic rings. The minimum atomic E-state index is 0.188. The summed E-state index contributed by atoms with van der Waals surface area (Å²) in [5.74, 6) is 0. The first-order chi connectivity index (χ1) is 10.3. The van der Waals surface area contributed by atoms with Crippen LogP contribution < -0.4 is 5.32 Å². The van der Waals surface area contributed by atoms with Gasteiger partial charge in [-0.1, -0.05) is 18.2 Å². The molecule has 0 bridgehead atoms. The van der Waals surface area contributed by atoms with Gasteiger partial charge in [0.1, 0.15) is 5.65 Å². The zero-order chi connectivity index (χ0) is 14.7. The molecule has 21 heavy (non-hydrogen) atoms. The van der Waals surface area contributed by atoms with Crippen molar-refractivity contribution in [3.63, 3.8) is 0 Å². The van der Waals surface area contributed by atoms with Crippen molar-refractivity contribution in [3.05, 3.63) is 65.6 Å². The van der Waals surface area contributed by atoms with E-state index in [0.717, 1.165) is 29.1 Å². The van der Waals surface area contributed by atoms with Crippen molar-refractivity contribution in [2.45, 2.75) is 19.9 Å². The summed E-state index contributed by atoms with van der Waals surface area (Å²) < 4.78 is 2.11. The van der Waals surface area contributed by atoms with E-state index in [2.05, 4.69) is 14.7 Å². The Morgan fingerprint density at radius 3 is 2.71 bits per heavy atom. The fourth-order valence-corrected chi connectivity index (χ4v) is 2.48. The Kier molecular flexibility index (Phi) is 3.88. The molecular weight excluding hydrogens is 262 g/mol. The van der Waals surface area contributed by atoms with Gasteiger partial charge in [-0.15, -0.1) is 0 Å². The summed E-state index contributed by atoms with van der Waals surface area (Å²) in [5.41, 5.74) is 5.41. The minimum Gasteiger partial charge on any atom is -0.396 e. The normalized spacial score (nSPS) is 11.0. The summed E-state index contributed by atoms with van der Waals surface area (Å²) in [5, 5.41) is 12.3. The summed E-state index contributed by atoms with van der Waals surface area (Å²) in [6.45, 7) is 2.96. The van der Waals surface area contributed by atoms with Crippen molar-refractivity contribution >= 4 is 11.3 Å². The Hall–Kier alpha value is -2.33. The topological polar surface area (TPSA) is 49.6 Å². The van der Waals surface area contributed by atoms with Gasteiger partial charge in [-0.05, 0) is 43.2 Å². The molecule has 1 aromatic carbocycles. The number of anilines is 1. The van der Waals surface area contributed by atoms with E-state index in [1.807, 2.05) is 55.6 Å². The molecule has 0 aliphatic heterocycles. The van der Waals surface area contributed by atoms with E-state index in [0.29, 0.717) is 6.42 Å². The highest BCUT2D eigenvalue weighted by Crippen LogP contribution is 2.15. The molecule has 4 heteroatoms. The monoisotopic (exact) mass is 281 g/mol. The first kappa shape index (κ1) is 13.6. The zero-order valence-corrected chi connectivity index (χ0v) is 12.1. The first-order valence-electron chi connectivity index (χ1n) is 7.14. The fourth-order valence-electron chi connectivity index (χ4n) is 2.48. The van der Waals surface area contributed by atoms with Crippen molar-refractivity contribution in [2.75, 3.05) is 11.9 Å². The van der Waals surface area contributed by atoms with Crippen LogP contribution in [0.2, 0.25) is 0 Å². The Balaban J connectivity index is 1.75. The van der Waals surface area contributed by atoms with Gasteiger partial charge >= 0.3 is 0 Å². The molecule has 0 spiro atoms. The average molecular weight is 281 g/mol. The molecule has 108 valence electrons. The van der Waals surface area contributed by atoms with Gasteiger partial charge in [0, 0.05) is 18.5 Å². The standard InChI is InChI=1S/C17H19N3O/c1-13-16(20-10-3-2-4-17(20)19-13)12-18-15-7-5-14(6-8-15)9-11-21/h2-8,10,18,21H,9,11-12H2,1H3. The maximum absolute atomic E-state index is 8.92. The largest absolute Gasteiger partial charge is 0.396 e. The second kappa shape index (κ2) is 5.97. The van der Waals surface area contributed by atoms with Gasteiger partial charge in [0.15, 0.2) is 0 Å². The van der Waals surface area contributed by atoms with Crippen molar-refractivity contribution in [1.29, 1.82) is 0 Å². The predicted molar refractivity (Wildman–Crippen MR) is 84.5 cm³/mol. The molecule has 0 atom stereocenters. The number of aliphatic hydroxyl groups excluding tert-OH is 1. The molecule has 2 N–H and O–H groups in total. The van der Waals surface area contributed by atoms with Crippen LogP contribution in [-0.2, 0) is 13.0 Å². The summed E-state index contributed by atoms with van der Waals surface area (Å²) in [6.07, 6.45) is 2.74. The van der Waals surface area contributed by atoms with Gasteiger partial charge in [-0.25, -0.2) is 4.98 Å². The number of fused-ring (bicyclic) bond motifs is 1. The summed E-state index contributed by atoms with van der Waals surface area (Å²) in [4.78, 5) is 4.56. The van der Waals surface area contributed by atoms with Crippen LogP contribution in [0.4, 0.5) is 5.69 Å². The highest BCUT2D eigenvalue weighted by Gasteiger charge is 2.07. The molecule has 0 saturated carbocycles. The molecule has 4 nitrogen and oxygen atoms in total. The number of aliphatic hydroxyl groups is 1. The number of aryl methyl sites for hydroxylation is 1. The minimum absolute atomic E-state index is 0.188. The van der Waals surface area contributed by atoms with Crippen molar-refractivity contribution in [2.24, 2.45) is 0 Å². The first-order valence-corrected chi connectivity index (χ1v) is 7.14. The number of pyridine rings is 1. The van der Waals surface area contributed by atoms with Crippen LogP contribution in [0, 0.1) is 6.92 Å². The number of aromatic nitrogens is 2. The number of nitrogens with zero attached hydrogens (tertiary/aromatic N) is 2. The van der Waals surface area contributed by atoms with E-state index in [4.69, 9.17) is 5.11 Å². The van der Waals surface area contributed by atoms with Crippen molar-refractivity contribution in [3.8, 4) is 0 Å². The molecule has 0 unspecified atom stereocenters. The Morgan fingerprint density at radius 1 is 1.14 bits per heavy atom. The molecule has 3 rings (SSSR count). The fraction of sp³-hybridized carbons (Fsp3) is 0.235. The van der Waals surface area contributed by atoms with E-state index < -0.39 is 0 Å². The van der Waals surface area contributed by atoms with Gasteiger partial charge in [0.05, 0.1) is 17.9 Å². The smallest absolute Gasteiger partial charge is 0.137 e. The molecule has 3 aromatic rings. The lowest BCUT2D eigenvalue weighted by Gasteiger charge is -2.08. The van der Waals surface area contributed by atoms with Crippen LogP contribution >= 0.6 is 0 Å². The summed E-state index contributed by atoms with van der Waals surface area (Å²) >= 11 is 0. The average Bonchev–Trinajstić information content (AvgIpc) is 2.82. The Morgan fingerprint density at radius 2 is 1.95 bits per heavy atom. The van der Waals surface area contributed by atoms with Crippen LogP contribution in [0.5, 0.6) is 0 Å². The van der Waals surface area contributed by atoms with E-state index in [9.17, 15) is 0 Å². The van der Waals surface area contributed by atoms with Crippen LogP contribution in [0.3, 0.4) is 0 Å². The third-order valence-electron chi connectivity index (χ3n) is 3.64. The van der Waals surface area contributed by atoms with Gasteiger partial charge in [0.25, 0.3) is 0 Å². The van der Waals surface area contributed by atoms with Crippen LogP contribution in [0.25, 0.3) is 5.65 Å². The lowest BCUT2D eigenvalue weighted by Crippen LogP contribution is -2.04. The van der Waals surface area contributed by atoms with E-state index in [1.165, 1.54) is 5.69 Å². The molecule has 0 saturated heterocycles. The third kappa shape index (κ3) is 2.90. The highest BCUT2D eigenvalue weighted by atomic mass is 16.2. The SMILES string of the molecule is Cc1nc2ccccn2c1CNc1ccc(CCO)cc1. The summed E-state index contributed by atoms with van der Waals surface area (Å²) in [7, 11) is 0. The highest BCUT2D eigenvalue weighted by molar-refractivity contribution is 5.47. The third-order valence-corrected chi connectivity index (χ3v) is 3.64. The molecule has 0 amide bonds. The Labute approximate surface area is 124 Å². The number of imidazole rings is 1. The van der Waals surface area contributed by atoms with Gasteiger partial charge in [-0.2, -0.15) is 0 Å². The summed E-state index contributed by atoms with van der Waals surface area (Å²) in [6, 6.07) is 14.2. The van der Waals surface area contributed by atoms with Crippen LogP contribution in [0.1, 0.15) is 17.0 Å². The van der Waals surface area contributed by atoms with E-state index >= 15 is 0 Å². The number of rotatable bonds is 5. The lowest BCUT2D eigenvalue weighted by atomic mass is 10.1. The molecule has 2 aromatic heterocycles. The molecular formula is C17H19N3O. The number of nitrogens with one attached hydrogen (secondary N) is 1. The van der Waals surface area contributed by atoms with E-state index in [1.54, 1.807) is 0 Å². The second-order valence-electron chi connectivity index (χ2n) is 5.10.